The fourth-order valence-electron chi connectivity index (χ4n) is 0.914. The Hall–Kier alpha value is -1.95. The van der Waals surface area contributed by atoms with Crippen molar-refractivity contribution in [3.8, 4) is 0 Å². The predicted molar refractivity (Wildman–Crippen MR) is 44.8 cm³/mol. The number of ether oxygens (including phenoxy) is 1. The smallest absolute Gasteiger partial charge is 0.340 e. The van der Waals surface area contributed by atoms with E-state index in [1.165, 1.54) is 30.9 Å². The van der Waals surface area contributed by atoms with Gasteiger partial charge in [-0.3, -0.25) is 15.0 Å². The molecule has 6 nitrogen and oxygen atoms in total. The number of pyridine rings is 1. The highest BCUT2D eigenvalue weighted by molar-refractivity contribution is 6.03. The highest BCUT2D eigenvalue weighted by Crippen LogP contribution is 2.06. The minimum atomic E-state index is -0.856. The van der Waals surface area contributed by atoms with Gasteiger partial charge in [0.25, 0.3) is 5.91 Å². The van der Waals surface area contributed by atoms with Crippen LogP contribution in [0.3, 0.4) is 0 Å². The molecular formula is C8H8N2O4. The molecule has 1 aromatic heterocycles. The van der Waals surface area contributed by atoms with Gasteiger partial charge in [-0.25, -0.2) is 10.3 Å². The summed E-state index contributed by atoms with van der Waals surface area (Å²) in [5, 5.41) is 8.38. The number of aromatic nitrogens is 1. The van der Waals surface area contributed by atoms with E-state index in [2.05, 4.69) is 9.72 Å². The Balaban J connectivity index is 3.15. The van der Waals surface area contributed by atoms with Crippen molar-refractivity contribution in [1.82, 2.24) is 10.5 Å². The molecule has 0 aromatic carbocycles. The van der Waals surface area contributed by atoms with Gasteiger partial charge in [-0.2, -0.15) is 0 Å². The van der Waals surface area contributed by atoms with Gasteiger partial charge in [0.2, 0.25) is 0 Å². The first-order valence-electron chi connectivity index (χ1n) is 3.68. The van der Waals surface area contributed by atoms with E-state index >= 15 is 0 Å². The highest BCUT2D eigenvalue weighted by atomic mass is 16.5. The van der Waals surface area contributed by atoms with E-state index in [1.807, 2.05) is 0 Å². The van der Waals surface area contributed by atoms with Crippen LogP contribution in [0.4, 0.5) is 0 Å². The maximum absolute atomic E-state index is 11.1. The molecule has 0 bridgehead atoms. The van der Waals surface area contributed by atoms with E-state index in [0.29, 0.717) is 0 Å². The van der Waals surface area contributed by atoms with E-state index in [1.54, 1.807) is 0 Å². The first-order valence-corrected chi connectivity index (χ1v) is 3.68. The van der Waals surface area contributed by atoms with Crippen LogP contribution in [0.1, 0.15) is 20.8 Å². The van der Waals surface area contributed by atoms with Crippen molar-refractivity contribution >= 4 is 11.9 Å². The van der Waals surface area contributed by atoms with Gasteiger partial charge in [0.05, 0.1) is 12.7 Å². The molecule has 0 aliphatic carbocycles. The van der Waals surface area contributed by atoms with E-state index in [4.69, 9.17) is 5.21 Å². The molecule has 1 aromatic rings. The molecule has 0 saturated heterocycles. The zero-order valence-corrected chi connectivity index (χ0v) is 7.35. The van der Waals surface area contributed by atoms with Crippen molar-refractivity contribution in [1.29, 1.82) is 0 Å². The van der Waals surface area contributed by atoms with Gasteiger partial charge in [-0.15, -0.1) is 0 Å². The summed E-state index contributed by atoms with van der Waals surface area (Å²) >= 11 is 0. The Morgan fingerprint density at radius 1 is 1.57 bits per heavy atom. The highest BCUT2D eigenvalue weighted by Gasteiger charge is 2.17. The summed E-state index contributed by atoms with van der Waals surface area (Å²) in [6.07, 6.45) is 1.33. The summed E-state index contributed by atoms with van der Waals surface area (Å²) in [5.41, 5.74) is 1.21. The Morgan fingerprint density at radius 3 is 2.86 bits per heavy atom. The van der Waals surface area contributed by atoms with Crippen molar-refractivity contribution in [3.63, 3.8) is 0 Å². The molecule has 0 aliphatic heterocycles. The number of carbonyl (C=O) groups is 2. The third-order valence-corrected chi connectivity index (χ3v) is 1.53. The first-order chi connectivity index (χ1) is 6.70. The van der Waals surface area contributed by atoms with Crippen LogP contribution in [-0.2, 0) is 4.74 Å². The number of hydrogen-bond acceptors (Lipinski definition) is 5. The Bertz CT molecular complexity index is 329. The summed E-state index contributed by atoms with van der Waals surface area (Å²) < 4.78 is 4.43. The van der Waals surface area contributed by atoms with Crippen LogP contribution < -0.4 is 5.48 Å². The summed E-state index contributed by atoms with van der Waals surface area (Å²) in [6.45, 7) is 0. The molecule has 1 heterocycles. The fraction of sp³-hybridized carbons (Fsp3) is 0.125. The SMILES string of the molecule is COC(=O)c1cccnc1C(=O)NO. The third kappa shape index (κ3) is 1.86. The van der Waals surface area contributed by atoms with Crippen molar-refractivity contribution in [3.05, 3.63) is 29.6 Å². The number of methoxy groups -OCH3 is 1. The number of carbonyl (C=O) groups excluding carboxylic acids is 2. The minimum Gasteiger partial charge on any atom is -0.465 e. The lowest BCUT2D eigenvalue weighted by Gasteiger charge is -2.03. The van der Waals surface area contributed by atoms with Crippen LogP contribution in [0.15, 0.2) is 18.3 Å². The van der Waals surface area contributed by atoms with Gasteiger partial charge >= 0.3 is 5.97 Å². The predicted octanol–water partition coefficient (Wildman–Crippen LogP) is -0.0128. The molecule has 0 spiro atoms. The van der Waals surface area contributed by atoms with Gasteiger partial charge in [-0.05, 0) is 12.1 Å². The molecule has 0 aliphatic rings. The van der Waals surface area contributed by atoms with Gasteiger partial charge in [0, 0.05) is 6.20 Å². The average Bonchev–Trinajstić information content (AvgIpc) is 2.27. The first kappa shape index (κ1) is 10.1. The van der Waals surface area contributed by atoms with Gasteiger partial charge in [-0.1, -0.05) is 0 Å². The largest absolute Gasteiger partial charge is 0.465 e. The number of amides is 1. The fourth-order valence-corrected chi connectivity index (χ4v) is 0.914. The van der Waals surface area contributed by atoms with Crippen LogP contribution in [-0.4, -0.2) is 29.2 Å². The monoisotopic (exact) mass is 196 g/mol. The molecule has 74 valence electrons. The topological polar surface area (TPSA) is 88.5 Å². The van der Waals surface area contributed by atoms with E-state index < -0.39 is 11.9 Å². The Kier molecular flexibility index (Phi) is 3.14. The molecule has 1 rings (SSSR count). The molecular weight excluding hydrogens is 188 g/mol. The lowest BCUT2D eigenvalue weighted by atomic mass is 10.2. The van der Waals surface area contributed by atoms with E-state index in [-0.39, 0.29) is 11.3 Å². The second-order valence-electron chi connectivity index (χ2n) is 2.33. The van der Waals surface area contributed by atoms with Gasteiger partial charge in [0.15, 0.2) is 0 Å². The molecule has 14 heavy (non-hydrogen) atoms. The third-order valence-electron chi connectivity index (χ3n) is 1.53. The van der Waals surface area contributed by atoms with Crippen LogP contribution in [0, 0.1) is 0 Å². The normalized spacial score (nSPS) is 9.29. The maximum atomic E-state index is 11.1. The number of hydrogen-bond donors (Lipinski definition) is 2. The molecule has 0 fully saturated rings. The molecule has 2 N–H and O–H groups in total. The molecule has 1 amide bonds. The quantitative estimate of drug-likeness (QED) is 0.394. The standard InChI is InChI=1S/C8H8N2O4/c1-14-8(12)5-3-2-4-9-6(5)7(11)10-13/h2-4,13H,1H3,(H,10,11). The van der Waals surface area contributed by atoms with Crippen molar-refractivity contribution in [2.45, 2.75) is 0 Å². The molecule has 6 heteroatoms. The van der Waals surface area contributed by atoms with E-state index in [0.717, 1.165) is 0 Å². The van der Waals surface area contributed by atoms with Crippen molar-refractivity contribution in [2.24, 2.45) is 0 Å². The van der Waals surface area contributed by atoms with Crippen LogP contribution >= 0.6 is 0 Å². The second-order valence-corrected chi connectivity index (χ2v) is 2.33. The number of hydroxylamine groups is 1. The molecule has 0 atom stereocenters. The maximum Gasteiger partial charge on any atom is 0.340 e. The van der Waals surface area contributed by atoms with Crippen molar-refractivity contribution in [2.75, 3.05) is 7.11 Å². The zero-order valence-electron chi connectivity index (χ0n) is 7.35. The lowest BCUT2D eigenvalue weighted by molar-refractivity contribution is 0.0585. The summed E-state index contributed by atoms with van der Waals surface area (Å²) in [4.78, 5) is 25.8. The lowest BCUT2D eigenvalue weighted by Crippen LogP contribution is -2.23. The van der Waals surface area contributed by atoms with E-state index in [9.17, 15) is 9.59 Å². The number of nitrogens with zero attached hydrogens (tertiary/aromatic N) is 1. The number of esters is 1. The average molecular weight is 196 g/mol. The minimum absolute atomic E-state index is 0.00144. The second kappa shape index (κ2) is 4.33. The van der Waals surface area contributed by atoms with Gasteiger partial charge in [0.1, 0.15) is 5.69 Å². The number of nitrogens with one attached hydrogen (secondary N) is 1. The Labute approximate surface area is 79.5 Å². The van der Waals surface area contributed by atoms with Crippen LogP contribution in [0.2, 0.25) is 0 Å². The Morgan fingerprint density at radius 2 is 2.29 bits per heavy atom. The summed E-state index contributed by atoms with van der Waals surface area (Å²) in [6, 6.07) is 2.86. The summed E-state index contributed by atoms with van der Waals surface area (Å²) in [7, 11) is 1.19. The zero-order chi connectivity index (χ0) is 10.6. The van der Waals surface area contributed by atoms with Crippen molar-refractivity contribution < 1.29 is 19.5 Å². The van der Waals surface area contributed by atoms with Gasteiger partial charge < -0.3 is 4.74 Å². The molecule has 0 unspecified atom stereocenters. The number of rotatable bonds is 2. The van der Waals surface area contributed by atoms with Crippen LogP contribution in [0.5, 0.6) is 0 Å². The molecule has 0 saturated carbocycles. The van der Waals surface area contributed by atoms with Crippen LogP contribution in [0.25, 0.3) is 0 Å². The molecule has 0 radical (unpaired) electrons. The summed E-state index contributed by atoms with van der Waals surface area (Å²) in [5.74, 6) is -1.54.